The predicted octanol–water partition coefficient (Wildman–Crippen LogP) is 2.68. The molecule has 0 unspecified atom stereocenters. The van der Waals surface area contributed by atoms with Gasteiger partial charge < -0.3 is 43.1 Å². The maximum Gasteiger partial charge on any atom is 0.246 e. The highest BCUT2D eigenvalue weighted by Crippen LogP contribution is 2.34. The summed E-state index contributed by atoms with van der Waals surface area (Å²) in [5.41, 5.74) is 2.47. The van der Waals surface area contributed by atoms with E-state index in [9.17, 15) is 5.26 Å². The molecule has 0 spiro atoms. The first-order chi connectivity index (χ1) is 22.5. The monoisotopic (exact) mass is 638 g/mol. The fourth-order valence-electron chi connectivity index (χ4n) is 5.17. The minimum Gasteiger partial charge on any atom is -0.471 e. The molecular formula is C32H46N8O6. The number of anilines is 3. The number of hydrogen-bond donors (Lipinski definition) is 0. The van der Waals surface area contributed by atoms with Crippen LogP contribution in [0, 0.1) is 11.3 Å². The lowest BCUT2D eigenvalue weighted by atomic mass is 10.1. The summed E-state index contributed by atoms with van der Waals surface area (Å²) in [6, 6.07) is 9.51. The number of fused-ring (bicyclic) bond motifs is 1. The van der Waals surface area contributed by atoms with Gasteiger partial charge in [-0.1, -0.05) is 12.1 Å². The lowest BCUT2D eigenvalue weighted by Crippen LogP contribution is -2.38. The molecule has 1 aliphatic heterocycles. The number of aromatic nitrogens is 4. The Morgan fingerprint density at radius 3 is 1.89 bits per heavy atom. The number of nitrogens with zero attached hydrogens (tertiary/aromatic N) is 8. The molecule has 0 bridgehead atoms. The molecule has 0 N–H and O–H groups in total. The van der Waals surface area contributed by atoms with Crippen molar-refractivity contribution in [2.24, 2.45) is 0 Å². The summed E-state index contributed by atoms with van der Waals surface area (Å²) in [5.74, 6) is 1.99. The zero-order valence-electron chi connectivity index (χ0n) is 27.6. The average molecular weight is 639 g/mol. The maximum atomic E-state index is 9.43. The molecule has 1 saturated heterocycles. The Bertz CT molecular complexity index is 1400. The van der Waals surface area contributed by atoms with E-state index in [-0.39, 0.29) is 12.7 Å². The van der Waals surface area contributed by atoms with E-state index in [2.05, 4.69) is 11.0 Å². The molecular weight excluding hydrogens is 592 g/mol. The Hall–Kier alpha value is -3.87. The molecule has 3 aromatic rings. The lowest BCUT2D eigenvalue weighted by molar-refractivity contribution is 0.0818. The van der Waals surface area contributed by atoms with Crippen LogP contribution in [0.2, 0.25) is 0 Å². The Morgan fingerprint density at radius 2 is 1.35 bits per heavy atom. The third-order valence-corrected chi connectivity index (χ3v) is 7.80. The zero-order valence-corrected chi connectivity index (χ0v) is 27.6. The average Bonchev–Trinajstić information content (AvgIpc) is 3.10. The van der Waals surface area contributed by atoms with Gasteiger partial charge in [0.1, 0.15) is 12.1 Å². The lowest BCUT2D eigenvalue weighted by Gasteiger charge is -2.33. The molecule has 0 atom stereocenters. The molecule has 0 radical (unpaired) electrons. The van der Waals surface area contributed by atoms with Crippen LogP contribution in [-0.4, -0.2) is 127 Å². The second kappa shape index (κ2) is 18.3. The van der Waals surface area contributed by atoms with Crippen LogP contribution >= 0.6 is 0 Å². The summed E-state index contributed by atoms with van der Waals surface area (Å²) in [6.45, 7) is 5.82. The van der Waals surface area contributed by atoms with Gasteiger partial charge in [0.2, 0.25) is 17.8 Å². The van der Waals surface area contributed by atoms with Crippen LogP contribution in [0.1, 0.15) is 24.0 Å². The second-order valence-corrected chi connectivity index (χ2v) is 10.8. The van der Waals surface area contributed by atoms with Crippen LogP contribution < -0.4 is 19.4 Å². The Morgan fingerprint density at radius 1 is 0.783 bits per heavy atom. The highest BCUT2D eigenvalue weighted by Gasteiger charge is 2.27. The van der Waals surface area contributed by atoms with E-state index in [4.69, 9.17) is 48.4 Å². The standard InChI is InChI=1S/C32H46N8O6/c1-41-17-13-39(14-18-42-2)31-35-28-27(29(36-31)38-11-9-26(45-5)10-12-38)34-32(40(15-19-43-3)16-20-44-4)37-30(28)46-23-25-8-6-7-24(21-25)22-33/h6-8,21,26H,9-20,23H2,1-5H3. The minimum atomic E-state index is 0.183. The number of piperidine rings is 1. The van der Waals surface area contributed by atoms with E-state index in [1.165, 1.54) is 0 Å². The van der Waals surface area contributed by atoms with Crippen LogP contribution in [0.15, 0.2) is 24.3 Å². The van der Waals surface area contributed by atoms with Gasteiger partial charge in [-0.3, -0.25) is 0 Å². The van der Waals surface area contributed by atoms with Gasteiger partial charge in [0.25, 0.3) is 0 Å². The van der Waals surface area contributed by atoms with Crippen LogP contribution in [0.25, 0.3) is 11.0 Å². The van der Waals surface area contributed by atoms with Crippen molar-refractivity contribution in [3.05, 3.63) is 35.4 Å². The molecule has 4 rings (SSSR count). The molecule has 1 fully saturated rings. The molecule has 0 saturated carbocycles. The Balaban J connectivity index is 1.89. The van der Waals surface area contributed by atoms with Crippen molar-refractivity contribution < 1.29 is 28.4 Å². The second-order valence-electron chi connectivity index (χ2n) is 10.8. The first kappa shape index (κ1) is 35.0. The summed E-state index contributed by atoms with van der Waals surface area (Å²) in [4.78, 5) is 26.4. The Labute approximate surface area is 271 Å². The third-order valence-electron chi connectivity index (χ3n) is 7.80. The molecule has 1 aromatic carbocycles. The SMILES string of the molecule is COCCN(CCOC)c1nc(N2CCC(OC)CC2)c2nc(N(CCOC)CCOC)nc(OCc3cccc(C#N)c3)c2n1. The summed E-state index contributed by atoms with van der Waals surface area (Å²) in [6.07, 6.45) is 1.91. The Kier molecular flexibility index (Phi) is 13.9. The largest absolute Gasteiger partial charge is 0.471 e. The molecule has 14 heteroatoms. The molecule has 2 aromatic heterocycles. The molecule has 46 heavy (non-hydrogen) atoms. The van der Waals surface area contributed by atoms with Crippen LogP contribution in [0.4, 0.5) is 17.7 Å². The highest BCUT2D eigenvalue weighted by molar-refractivity contribution is 5.91. The van der Waals surface area contributed by atoms with Gasteiger partial charge in [0.05, 0.1) is 44.2 Å². The summed E-state index contributed by atoms with van der Waals surface area (Å²) in [5, 5.41) is 9.43. The van der Waals surface area contributed by atoms with Gasteiger partial charge in [-0.2, -0.15) is 15.2 Å². The van der Waals surface area contributed by atoms with Crippen molar-refractivity contribution in [3.63, 3.8) is 0 Å². The highest BCUT2D eigenvalue weighted by atomic mass is 16.5. The quantitative estimate of drug-likeness (QED) is 0.190. The third kappa shape index (κ3) is 9.34. The van der Waals surface area contributed by atoms with E-state index in [1.807, 2.05) is 21.9 Å². The normalized spacial score (nSPS) is 13.6. The van der Waals surface area contributed by atoms with E-state index in [0.717, 1.165) is 31.5 Å². The van der Waals surface area contributed by atoms with Crippen molar-refractivity contribution in [3.8, 4) is 11.9 Å². The molecule has 0 aliphatic carbocycles. The van der Waals surface area contributed by atoms with Gasteiger partial charge >= 0.3 is 0 Å². The van der Waals surface area contributed by atoms with Gasteiger partial charge in [-0.05, 0) is 30.5 Å². The minimum absolute atomic E-state index is 0.183. The molecule has 14 nitrogen and oxygen atoms in total. The van der Waals surface area contributed by atoms with E-state index >= 15 is 0 Å². The van der Waals surface area contributed by atoms with Crippen molar-refractivity contribution in [2.45, 2.75) is 25.6 Å². The van der Waals surface area contributed by atoms with Gasteiger partial charge in [0.15, 0.2) is 11.3 Å². The van der Waals surface area contributed by atoms with E-state index in [1.54, 1.807) is 47.7 Å². The molecule has 3 heterocycles. The van der Waals surface area contributed by atoms with Crippen LogP contribution in [0.3, 0.4) is 0 Å². The van der Waals surface area contributed by atoms with Crippen LogP contribution in [-0.2, 0) is 30.3 Å². The molecule has 1 aliphatic rings. The van der Waals surface area contributed by atoms with Crippen molar-refractivity contribution >= 4 is 28.7 Å². The summed E-state index contributed by atoms with van der Waals surface area (Å²) >= 11 is 0. The van der Waals surface area contributed by atoms with Gasteiger partial charge in [-0.15, -0.1) is 0 Å². The number of rotatable bonds is 19. The predicted molar refractivity (Wildman–Crippen MR) is 175 cm³/mol. The fourth-order valence-corrected chi connectivity index (χ4v) is 5.17. The van der Waals surface area contributed by atoms with Gasteiger partial charge in [-0.25, -0.2) is 9.97 Å². The van der Waals surface area contributed by atoms with Crippen molar-refractivity contribution in [2.75, 3.05) is 116 Å². The number of benzene rings is 1. The zero-order chi connectivity index (χ0) is 32.7. The number of methoxy groups -OCH3 is 5. The first-order valence-electron chi connectivity index (χ1n) is 15.5. The van der Waals surface area contributed by atoms with Crippen LogP contribution in [0.5, 0.6) is 5.88 Å². The summed E-state index contributed by atoms with van der Waals surface area (Å²) < 4.78 is 33.7. The smallest absolute Gasteiger partial charge is 0.246 e. The number of ether oxygens (including phenoxy) is 6. The maximum absolute atomic E-state index is 9.43. The van der Waals surface area contributed by atoms with Gasteiger partial charge in [0, 0.05) is 74.8 Å². The van der Waals surface area contributed by atoms with E-state index < -0.39 is 0 Å². The van der Waals surface area contributed by atoms with E-state index in [0.29, 0.717) is 92.8 Å². The molecule has 0 amide bonds. The first-order valence-corrected chi connectivity index (χ1v) is 15.5. The number of hydrogen-bond acceptors (Lipinski definition) is 14. The topological polar surface area (TPSA) is 140 Å². The summed E-state index contributed by atoms with van der Waals surface area (Å²) in [7, 11) is 8.42. The molecule has 250 valence electrons. The fraction of sp³-hybridized carbons (Fsp3) is 0.594. The van der Waals surface area contributed by atoms with Crippen molar-refractivity contribution in [1.29, 1.82) is 5.26 Å². The number of nitriles is 1. The van der Waals surface area contributed by atoms with Crippen molar-refractivity contribution in [1.82, 2.24) is 19.9 Å².